The smallest absolute Gasteiger partial charge is 0.281 e. The van der Waals surface area contributed by atoms with Crippen molar-refractivity contribution in [1.29, 1.82) is 0 Å². The minimum atomic E-state index is -0.205. The van der Waals surface area contributed by atoms with Crippen molar-refractivity contribution in [1.82, 2.24) is 5.43 Å². The first kappa shape index (κ1) is 13.9. The van der Waals surface area contributed by atoms with Gasteiger partial charge < -0.3 is 9.32 Å². The summed E-state index contributed by atoms with van der Waals surface area (Å²) in [4.78, 5) is 14.6. The Kier molecular flexibility index (Phi) is 4.35. The Morgan fingerprint density at radius 3 is 2.90 bits per heavy atom. The van der Waals surface area contributed by atoms with Crippen LogP contribution in [0.25, 0.3) is 0 Å². The van der Waals surface area contributed by atoms with Crippen molar-refractivity contribution in [2.75, 3.05) is 18.0 Å². The van der Waals surface area contributed by atoms with E-state index in [1.165, 1.54) is 36.8 Å². The van der Waals surface area contributed by atoms with Crippen LogP contribution in [0.5, 0.6) is 0 Å². The maximum absolute atomic E-state index is 11.7. The molecule has 1 amide bonds. The number of hydrogen-bond acceptors (Lipinski definition) is 5. The van der Waals surface area contributed by atoms with Crippen LogP contribution >= 0.6 is 11.3 Å². The number of amides is 1. The SMILES string of the molecule is O=C(N/N=C/c1ccc(N2CCCCC2)o1)c1cccs1. The van der Waals surface area contributed by atoms with E-state index in [2.05, 4.69) is 15.4 Å². The molecule has 0 unspecified atom stereocenters. The Bertz CT molecular complexity index is 613. The third-order valence-corrected chi connectivity index (χ3v) is 4.25. The van der Waals surface area contributed by atoms with Gasteiger partial charge in [-0.2, -0.15) is 5.10 Å². The normalized spacial score (nSPS) is 15.5. The lowest BCUT2D eigenvalue weighted by atomic mass is 10.1. The van der Waals surface area contributed by atoms with E-state index in [-0.39, 0.29) is 5.91 Å². The van der Waals surface area contributed by atoms with Gasteiger partial charge in [-0.1, -0.05) is 6.07 Å². The number of rotatable bonds is 4. The number of carbonyl (C=O) groups excluding carboxylic acids is 1. The van der Waals surface area contributed by atoms with E-state index in [0.29, 0.717) is 10.6 Å². The van der Waals surface area contributed by atoms with E-state index in [0.717, 1.165) is 19.0 Å². The number of furan rings is 1. The third kappa shape index (κ3) is 3.52. The summed E-state index contributed by atoms with van der Waals surface area (Å²) in [6, 6.07) is 7.41. The van der Waals surface area contributed by atoms with Crippen LogP contribution in [0.2, 0.25) is 0 Å². The van der Waals surface area contributed by atoms with Gasteiger partial charge in [0.15, 0.2) is 5.88 Å². The fourth-order valence-electron chi connectivity index (χ4n) is 2.31. The first-order chi connectivity index (χ1) is 10.3. The van der Waals surface area contributed by atoms with Crippen LogP contribution in [-0.2, 0) is 0 Å². The first-order valence-electron chi connectivity index (χ1n) is 7.04. The molecule has 0 saturated carbocycles. The Hall–Kier alpha value is -2.08. The summed E-state index contributed by atoms with van der Waals surface area (Å²) in [5.74, 6) is 1.31. The maximum atomic E-state index is 11.7. The molecule has 0 spiro atoms. The lowest BCUT2D eigenvalue weighted by molar-refractivity contribution is 0.0959. The van der Waals surface area contributed by atoms with Gasteiger partial charge in [0.2, 0.25) is 0 Å². The van der Waals surface area contributed by atoms with Crippen molar-refractivity contribution in [3.63, 3.8) is 0 Å². The molecule has 1 aliphatic heterocycles. The van der Waals surface area contributed by atoms with Crippen LogP contribution in [0.4, 0.5) is 5.88 Å². The Balaban J connectivity index is 1.56. The van der Waals surface area contributed by atoms with Gasteiger partial charge in [-0.25, -0.2) is 5.43 Å². The average molecular weight is 303 g/mol. The van der Waals surface area contributed by atoms with Gasteiger partial charge in [-0.15, -0.1) is 11.3 Å². The standard InChI is InChI=1S/C15H17N3O2S/c19-15(13-5-4-10-21-13)17-16-11-12-6-7-14(20-12)18-8-2-1-3-9-18/h4-7,10-11H,1-3,8-9H2,(H,17,19)/b16-11+. The lowest BCUT2D eigenvalue weighted by Crippen LogP contribution is -2.28. The largest absolute Gasteiger partial charge is 0.440 e. The second-order valence-corrected chi connectivity index (χ2v) is 5.85. The summed E-state index contributed by atoms with van der Waals surface area (Å²) in [5.41, 5.74) is 2.49. The number of nitrogens with zero attached hydrogens (tertiary/aromatic N) is 2. The van der Waals surface area contributed by atoms with Gasteiger partial charge in [0.05, 0.1) is 11.1 Å². The summed E-state index contributed by atoms with van der Waals surface area (Å²) in [6.07, 6.45) is 5.24. The quantitative estimate of drug-likeness (QED) is 0.697. The van der Waals surface area contributed by atoms with Crippen molar-refractivity contribution in [2.24, 2.45) is 5.10 Å². The molecule has 1 N–H and O–H groups in total. The zero-order valence-electron chi connectivity index (χ0n) is 11.6. The Labute approximate surface area is 127 Å². The predicted octanol–water partition coefficient (Wildman–Crippen LogP) is 3.10. The molecule has 21 heavy (non-hydrogen) atoms. The molecule has 3 heterocycles. The second kappa shape index (κ2) is 6.58. The third-order valence-electron chi connectivity index (χ3n) is 3.38. The molecule has 1 fully saturated rings. The van der Waals surface area contributed by atoms with Gasteiger partial charge >= 0.3 is 0 Å². The lowest BCUT2D eigenvalue weighted by Gasteiger charge is -2.25. The predicted molar refractivity (Wildman–Crippen MR) is 84.2 cm³/mol. The highest BCUT2D eigenvalue weighted by Crippen LogP contribution is 2.21. The number of piperidine rings is 1. The molecule has 6 heteroatoms. The van der Waals surface area contributed by atoms with Crippen molar-refractivity contribution in [2.45, 2.75) is 19.3 Å². The molecule has 5 nitrogen and oxygen atoms in total. The fraction of sp³-hybridized carbons (Fsp3) is 0.333. The zero-order valence-corrected chi connectivity index (χ0v) is 12.4. The van der Waals surface area contributed by atoms with E-state index in [9.17, 15) is 4.79 Å². The molecule has 110 valence electrons. The molecule has 0 bridgehead atoms. The van der Waals surface area contributed by atoms with E-state index >= 15 is 0 Å². The van der Waals surface area contributed by atoms with Gasteiger partial charge in [0, 0.05) is 19.2 Å². The van der Waals surface area contributed by atoms with E-state index in [1.807, 2.05) is 23.6 Å². The van der Waals surface area contributed by atoms with Gasteiger partial charge in [-0.05, 0) is 36.8 Å². The van der Waals surface area contributed by atoms with Crippen molar-refractivity contribution in [3.8, 4) is 0 Å². The van der Waals surface area contributed by atoms with E-state index in [4.69, 9.17) is 4.42 Å². The minimum absolute atomic E-state index is 0.205. The highest BCUT2D eigenvalue weighted by molar-refractivity contribution is 7.12. The second-order valence-electron chi connectivity index (χ2n) is 4.90. The Morgan fingerprint density at radius 2 is 2.14 bits per heavy atom. The monoisotopic (exact) mass is 303 g/mol. The van der Waals surface area contributed by atoms with Crippen LogP contribution in [-0.4, -0.2) is 25.2 Å². The summed E-state index contributed by atoms with van der Waals surface area (Å²) in [5, 5.41) is 5.78. The molecular weight excluding hydrogens is 286 g/mol. The van der Waals surface area contributed by atoms with Crippen LogP contribution < -0.4 is 10.3 Å². The van der Waals surface area contributed by atoms with Crippen LogP contribution in [0, 0.1) is 0 Å². The number of carbonyl (C=O) groups is 1. The molecule has 3 rings (SSSR count). The highest BCUT2D eigenvalue weighted by Gasteiger charge is 2.13. The van der Waals surface area contributed by atoms with Gasteiger partial charge in [0.25, 0.3) is 5.91 Å². The zero-order chi connectivity index (χ0) is 14.5. The minimum Gasteiger partial charge on any atom is -0.440 e. The number of hydrogen-bond donors (Lipinski definition) is 1. The van der Waals surface area contributed by atoms with E-state index < -0.39 is 0 Å². The number of thiophene rings is 1. The van der Waals surface area contributed by atoms with Crippen molar-refractivity contribution in [3.05, 3.63) is 40.3 Å². The molecule has 1 aliphatic rings. The summed E-state index contributed by atoms with van der Waals surface area (Å²) >= 11 is 1.38. The van der Waals surface area contributed by atoms with Crippen LogP contribution in [0.1, 0.15) is 34.7 Å². The summed E-state index contributed by atoms with van der Waals surface area (Å²) in [7, 11) is 0. The topological polar surface area (TPSA) is 57.8 Å². The molecular formula is C15H17N3O2S. The summed E-state index contributed by atoms with van der Waals surface area (Å²) < 4.78 is 5.72. The number of anilines is 1. The van der Waals surface area contributed by atoms with Gasteiger partial charge in [0.1, 0.15) is 5.76 Å². The number of nitrogens with one attached hydrogen (secondary N) is 1. The Morgan fingerprint density at radius 1 is 1.29 bits per heavy atom. The van der Waals surface area contributed by atoms with E-state index in [1.54, 1.807) is 6.07 Å². The molecule has 0 aromatic carbocycles. The fourth-order valence-corrected chi connectivity index (χ4v) is 2.93. The van der Waals surface area contributed by atoms with Crippen LogP contribution in [0.15, 0.2) is 39.2 Å². The molecule has 2 aromatic rings. The van der Waals surface area contributed by atoms with Crippen LogP contribution in [0.3, 0.4) is 0 Å². The summed E-state index contributed by atoms with van der Waals surface area (Å²) in [6.45, 7) is 2.08. The first-order valence-corrected chi connectivity index (χ1v) is 7.92. The number of hydrazone groups is 1. The molecule has 0 aliphatic carbocycles. The maximum Gasteiger partial charge on any atom is 0.281 e. The van der Waals surface area contributed by atoms with Crippen molar-refractivity contribution < 1.29 is 9.21 Å². The molecule has 0 radical (unpaired) electrons. The molecule has 1 saturated heterocycles. The van der Waals surface area contributed by atoms with Gasteiger partial charge in [-0.3, -0.25) is 4.79 Å². The van der Waals surface area contributed by atoms with Crippen molar-refractivity contribution >= 4 is 29.3 Å². The average Bonchev–Trinajstić information content (AvgIpc) is 3.20. The molecule has 2 aromatic heterocycles. The molecule has 0 atom stereocenters. The highest BCUT2D eigenvalue weighted by atomic mass is 32.1.